The second-order valence-corrected chi connectivity index (χ2v) is 3.77. The first-order chi connectivity index (χ1) is 7.16. The second kappa shape index (κ2) is 4.04. The number of carbonyl (C=O) groups excluding carboxylic acids is 1. The van der Waals surface area contributed by atoms with Gasteiger partial charge >= 0.3 is 5.97 Å². The Morgan fingerprint density at radius 1 is 1.33 bits per heavy atom. The Kier molecular flexibility index (Phi) is 2.75. The molecule has 1 aliphatic rings. The van der Waals surface area contributed by atoms with Crippen LogP contribution in [0.3, 0.4) is 0 Å². The number of cyclic esters (lactones) is 1. The van der Waals surface area contributed by atoms with Crippen LogP contribution >= 0.6 is 11.6 Å². The molecular formula is C11H10ClNO2. The number of ether oxygens (including phenoxy) is 1. The van der Waals surface area contributed by atoms with E-state index in [1.807, 2.05) is 12.1 Å². The number of rotatable bonds is 2. The van der Waals surface area contributed by atoms with Gasteiger partial charge < -0.3 is 10.5 Å². The average molecular weight is 224 g/mol. The summed E-state index contributed by atoms with van der Waals surface area (Å²) < 4.78 is 5.00. The summed E-state index contributed by atoms with van der Waals surface area (Å²) in [6.07, 6.45) is 2.68. The van der Waals surface area contributed by atoms with Gasteiger partial charge in [0.25, 0.3) is 0 Å². The molecule has 0 saturated carbocycles. The Morgan fingerprint density at radius 2 is 2.00 bits per heavy atom. The highest BCUT2D eigenvalue weighted by Crippen LogP contribution is 2.22. The fourth-order valence-electron chi connectivity index (χ4n) is 1.45. The third-order valence-corrected chi connectivity index (χ3v) is 2.54. The molecule has 0 fully saturated rings. The van der Waals surface area contributed by atoms with Crippen LogP contribution < -0.4 is 5.73 Å². The summed E-state index contributed by atoms with van der Waals surface area (Å²) >= 11 is 5.76. The van der Waals surface area contributed by atoms with Crippen molar-refractivity contribution >= 4 is 17.6 Å². The van der Waals surface area contributed by atoms with Crippen molar-refractivity contribution in [2.75, 3.05) is 0 Å². The van der Waals surface area contributed by atoms with Gasteiger partial charge in [-0.2, -0.15) is 0 Å². The number of halogens is 1. The van der Waals surface area contributed by atoms with Crippen molar-refractivity contribution in [3.8, 4) is 0 Å². The van der Waals surface area contributed by atoms with Gasteiger partial charge in [0, 0.05) is 11.1 Å². The van der Waals surface area contributed by atoms with Gasteiger partial charge in [0.15, 0.2) is 0 Å². The van der Waals surface area contributed by atoms with Crippen LogP contribution in [0.2, 0.25) is 5.02 Å². The average Bonchev–Trinajstić information content (AvgIpc) is 2.65. The summed E-state index contributed by atoms with van der Waals surface area (Å²) in [6.45, 7) is 0. The normalized spacial score (nSPS) is 21.5. The van der Waals surface area contributed by atoms with Gasteiger partial charge in [-0.3, -0.25) is 0 Å². The molecule has 1 heterocycles. The predicted octanol–water partition coefficient (Wildman–Crippen LogP) is 1.82. The maximum Gasteiger partial charge on any atom is 0.331 e. The van der Waals surface area contributed by atoms with E-state index in [0.717, 1.165) is 5.56 Å². The van der Waals surface area contributed by atoms with Crippen LogP contribution in [0.25, 0.3) is 0 Å². The molecule has 2 N–H and O–H groups in total. The highest BCUT2D eigenvalue weighted by Gasteiger charge is 2.24. The Bertz CT molecular complexity index is 400. The number of carbonyl (C=O) groups is 1. The molecule has 2 rings (SSSR count). The molecule has 2 atom stereocenters. The van der Waals surface area contributed by atoms with E-state index >= 15 is 0 Å². The van der Waals surface area contributed by atoms with E-state index in [9.17, 15) is 4.79 Å². The standard InChI is InChI=1S/C11H10ClNO2/c12-8-3-1-7(2-4-8)11(13)9-5-6-10(14)15-9/h1-6,9,11H,13H2/t9-,11-/m1/s1. The molecule has 0 radical (unpaired) electrons. The van der Waals surface area contributed by atoms with Gasteiger partial charge in [-0.25, -0.2) is 4.79 Å². The van der Waals surface area contributed by atoms with Crippen molar-refractivity contribution in [3.63, 3.8) is 0 Å². The zero-order valence-corrected chi connectivity index (χ0v) is 8.65. The van der Waals surface area contributed by atoms with Crippen LogP contribution in [0.1, 0.15) is 11.6 Å². The number of benzene rings is 1. The molecule has 0 amide bonds. The lowest BCUT2D eigenvalue weighted by molar-refractivity contribution is -0.139. The van der Waals surface area contributed by atoms with E-state index < -0.39 is 0 Å². The first kappa shape index (κ1) is 10.2. The zero-order chi connectivity index (χ0) is 10.8. The first-order valence-corrected chi connectivity index (χ1v) is 4.94. The first-order valence-electron chi connectivity index (χ1n) is 4.56. The highest BCUT2D eigenvalue weighted by atomic mass is 35.5. The van der Waals surface area contributed by atoms with Crippen LogP contribution in [0, 0.1) is 0 Å². The molecule has 0 aliphatic carbocycles. The molecule has 0 saturated heterocycles. The van der Waals surface area contributed by atoms with Crippen LogP contribution in [0.5, 0.6) is 0 Å². The van der Waals surface area contributed by atoms with E-state index in [2.05, 4.69) is 0 Å². The minimum absolute atomic E-state index is 0.343. The van der Waals surface area contributed by atoms with Crippen molar-refractivity contribution in [3.05, 3.63) is 47.0 Å². The third-order valence-electron chi connectivity index (χ3n) is 2.28. The number of hydrogen-bond acceptors (Lipinski definition) is 3. The maximum atomic E-state index is 10.9. The molecule has 1 aliphatic heterocycles. The quantitative estimate of drug-likeness (QED) is 0.779. The van der Waals surface area contributed by atoms with Gasteiger partial charge in [0.1, 0.15) is 6.10 Å². The molecule has 78 valence electrons. The fraction of sp³-hybridized carbons (Fsp3) is 0.182. The molecule has 1 aromatic rings. The van der Waals surface area contributed by atoms with E-state index in [4.69, 9.17) is 22.1 Å². The molecule has 0 aromatic heterocycles. The number of hydrogen-bond donors (Lipinski definition) is 1. The minimum atomic E-state index is -0.376. The summed E-state index contributed by atoms with van der Waals surface area (Å²) in [5.41, 5.74) is 6.83. The molecular weight excluding hydrogens is 214 g/mol. The summed E-state index contributed by atoms with van der Waals surface area (Å²) in [7, 11) is 0. The van der Waals surface area contributed by atoms with Crippen molar-refractivity contribution in [2.24, 2.45) is 5.73 Å². The molecule has 0 spiro atoms. The second-order valence-electron chi connectivity index (χ2n) is 3.34. The highest BCUT2D eigenvalue weighted by molar-refractivity contribution is 6.30. The largest absolute Gasteiger partial charge is 0.453 e. The van der Waals surface area contributed by atoms with Gasteiger partial charge in [0.2, 0.25) is 0 Å². The van der Waals surface area contributed by atoms with E-state index in [1.165, 1.54) is 6.08 Å². The van der Waals surface area contributed by atoms with Crippen LogP contribution in [-0.2, 0) is 9.53 Å². The summed E-state index contributed by atoms with van der Waals surface area (Å²) in [5, 5.41) is 0.657. The summed E-state index contributed by atoms with van der Waals surface area (Å²) in [5.74, 6) is -0.343. The van der Waals surface area contributed by atoms with Crippen LogP contribution in [0.15, 0.2) is 36.4 Å². The Hall–Kier alpha value is -1.32. The molecule has 0 unspecified atom stereocenters. The van der Waals surface area contributed by atoms with Crippen LogP contribution in [0.4, 0.5) is 0 Å². The van der Waals surface area contributed by atoms with Gasteiger partial charge in [-0.05, 0) is 23.8 Å². The molecule has 15 heavy (non-hydrogen) atoms. The van der Waals surface area contributed by atoms with Gasteiger partial charge in [-0.1, -0.05) is 23.7 Å². The van der Waals surface area contributed by atoms with Crippen molar-refractivity contribution in [1.29, 1.82) is 0 Å². The zero-order valence-electron chi connectivity index (χ0n) is 7.89. The van der Waals surface area contributed by atoms with Crippen LogP contribution in [-0.4, -0.2) is 12.1 Å². The Labute approximate surface area is 92.5 Å². The lowest BCUT2D eigenvalue weighted by Crippen LogP contribution is -2.25. The summed E-state index contributed by atoms with van der Waals surface area (Å²) in [6, 6.07) is 6.83. The van der Waals surface area contributed by atoms with Gasteiger partial charge in [0.05, 0.1) is 6.04 Å². The predicted molar refractivity (Wildman–Crippen MR) is 57.4 cm³/mol. The smallest absolute Gasteiger partial charge is 0.331 e. The maximum absolute atomic E-state index is 10.9. The molecule has 3 nitrogen and oxygen atoms in total. The monoisotopic (exact) mass is 223 g/mol. The van der Waals surface area contributed by atoms with E-state index in [1.54, 1.807) is 18.2 Å². The Balaban J connectivity index is 2.14. The van der Waals surface area contributed by atoms with Crippen molar-refractivity contribution in [2.45, 2.75) is 12.1 Å². The molecule has 4 heteroatoms. The lowest BCUT2D eigenvalue weighted by atomic mass is 10.0. The van der Waals surface area contributed by atoms with Crippen molar-refractivity contribution in [1.82, 2.24) is 0 Å². The third kappa shape index (κ3) is 2.19. The topological polar surface area (TPSA) is 52.3 Å². The Morgan fingerprint density at radius 3 is 2.53 bits per heavy atom. The minimum Gasteiger partial charge on any atom is -0.453 e. The number of esters is 1. The lowest BCUT2D eigenvalue weighted by Gasteiger charge is -2.17. The summed E-state index contributed by atoms with van der Waals surface area (Å²) in [4.78, 5) is 10.9. The van der Waals surface area contributed by atoms with Crippen molar-refractivity contribution < 1.29 is 9.53 Å². The van der Waals surface area contributed by atoms with E-state index in [-0.39, 0.29) is 18.1 Å². The van der Waals surface area contributed by atoms with Gasteiger partial charge in [-0.15, -0.1) is 0 Å². The molecule has 1 aromatic carbocycles. The van der Waals surface area contributed by atoms with E-state index in [0.29, 0.717) is 5.02 Å². The molecule has 0 bridgehead atoms. The number of nitrogens with two attached hydrogens (primary N) is 1. The SMILES string of the molecule is N[C@H](c1ccc(Cl)cc1)[C@H]1C=CC(=O)O1. The fourth-order valence-corrected chi connectivity index (χ4v) is 1.58.